The van der Waals surface area contributed by atoms with Crippen LogP contribution in [0.15, 0.2) is 0 Å². The van der Waals surface area contributed by atoms with Gasteiger partial charge in [0.25, 0.3) is 0 Å². The summed E-state index contributed by atoms with van der Waals surface area (Å²) in [5.74, 6) is 0.674. The van der Waals surface area contributed by atoms with E-state index in [4.69, 9.17) is 16.3 Å². The second kappa shape index (κ2) is 5.81. The van der Waals surface area contributed by atoms with Crippen LogP contribution in [0.4, 0.5) is 0 Å². The molecule has 0 radical (unpaired) electrons. The minimum atomic E-state index is -0.0146. The average Bonchev–Trinajstić information content (AvgIpc) is 1.99. The lowest BCUT2D eigenvalue weighted by Crippen LogP contribution is -2.29. The molecule has 0 rings (SSSR count). The number of methoxy groups -OCH3 is 1. The maximum absolute atomic E-state index is 5.49. The lowest BCUT2D eigenvalue weighted by Gasteiger charge is -2.22. The predicted octanol–water partition coefficient (Wildman–Crippen LogP) is 1.63. The first-order valence-corrected chi connectivity index (χ1v) is 4.47. The molecule has 0 heterocycles. The highest BCUT2D eigenvalue weighted by molar-refractivity contribution is 6.18. The van der Waals surface area contributed by atoms with Crippen LogP contribution in [0.3, 0.4) is 0 Å². The van der Waals surface area contributed by atoms with Crippen LogP contribution in [0.5, 0.6) is 0 Å². The first-order chi connectivity index (χ1) is 5.12. The van der Waals surface area contributed by atoms with E-state index < -0.39 is 0 Å². The Morgan fingerprint density at radius 1 is 1.36 bits per heavy atom. The first kappa shape index (κ1) is 11.2. The van der Waals surface area contributed by atoms with E-state index in [0.29, 0.717) is 5.88 Å². The van der Waals surface area contributed by atoms with Gasteiger partial charge in [0.1, 0.15) is 0 Å². The van der Waals surface area contributed by atoms with Gasteiger partial charge in [0, 0.05) is 19.5 Å². The maximum atomic E-state index is 5.49. The minimum Gasteiger partial charge on any atom is -0.379 e. The molecule has 0 spiro atoms. The van der Waals surface area contributed by atoms with Gasteiger partial charge in [-0.25, -0.2) is 0 Å². The fourth-order valence-electron chi connectivity index (χ4n) is 0.683. The standard InChI is InChI=1S/C8H18ClNO/c1-8(2,11-3)4-6-10-7-5-9/h10H,4-7H2,1-3H3. The van der Waals surface area contributed by atoms with Crippen molar-refractivity contribution >= 4 is 11.6 Å². The average molecular weight is 180 g/mol. The van der Waals surface area contributed by atoms with Crippen LogP contribution < -0.4 is 5.32 Å². The molecule has 0 atom stereocenters. The van der Waals surface area contributed by atoms with Crippen molar-refractivity contribution in [3.8, 4) is 0 Å². The molecule has 0 unspecified atom stereocenters. The van der Waals surface area contributed by atoms with Gasteiger partial charge in [-0.15, -0.1) is 11.6 Å². The van der Waals surface area contributed by atoms with Crippen LogP contribution in [-0.2, 0) is 4.74 Å². The highest BCUT2D eigenvalue weighted by atomic mass is 35.5. The Kier molecular flexibility index (Phi) is 5.92. The van der Waals surface area contributed by atoms with Crippen molar-refractivity contribution < 1.29 is 4.74 Å². The third-order valence-electron chi connectivity index (χ3n) is 1.73. The zero-order valence-electron chi connectivity index (χ0n) is 7.61. The summed E-state index contributed by atoms with van der Waals surface area (Å²) in [7, 11) is 1.74. The molecule has 11 heavy (non-hydrogen) atoms. The number of hydrogen-bond acceptors (Lipinski definition) is 2. The maximum Gasteiger partial charge on any atom is 0.0634 e. The molecular formula is C8H18ClNO. The highest BCUT2D eigenvalue weighted by Crippen LogP contribution is 2.10. The van der Waals surface area contributed by atoms with Crippen molar-refractivity contribution in [2.75, 3.05) is 26.1 Å². The molecule has 0 saturated carbocycles. The van der Waals surface area contributed by atoms with E-state index >= 15 is 0 Å². The molecule has 0 bridgehead atoms. The fourth-order valence-corrected chi connectivity index (χ4v) is 0.817. The molecule has 0 aromatic heterocycles. The SMILES string of the molecule is COC(C)(C)CCNCCCl. The van der Waals surface area contributed by atoms with Crippen molar-refractivity contribution in [1.82, 2.24) is 5.32 Å². The lowest BCUT2D eigenvalue weighted by molar-refractivity contribution is 0.0160. The van der Waals surface area contributed by atoms with Gasteiger partial charge in [0.05, 0.1) is 5.60 Å². The summed E-state index contributed by atoms with van der Waals surface area (Å²) in [4.78, 5) is 0. The normalized spacial score (nSPS) is 12.0. The predicted molar refractivity (Wildman–Crippen MR) is 49.3 cm³/mol. The Morgan fingerprint density at radius 3 is 2.45 bits per heavy atom. The number of rotatable bonds is 6. The summed E-state index contributed by atoms with van der Waals surface area (Å²) in [5.41, 5.74) is -0.0146. The molecule has 3 heteroatoms. The second-order valence-electron chi connectivity index (χ2n) is 3.15. The fraction of sp³-hybridized carbons (Fsp3) is 1.00. The largest absolute Gasteiger partial charge is 0.379 e. The Balaban J connectivity index is 3.23. The molecule has 2 nitrogen and oxygen atoms in total. The molecule has 1 N–H and O–H groups in total. The molecule has 0 amide bonds. The van der Waals surface area contributed by atoms with Gasteiger partial charge in [-0.05, 0) is 26.8 Å². The molecule has 0 aliphatic heterocycles. The number of alkyl halides is 1. The Labute approximate surface area is 74.3 Å². The highest BCUT2D eigenvalue weighted by Gasteiger charge is 2.14. The number of hydrogen-bond donors (Lipinski definition) is 1. The zero-order valence-corrected chi connectivity index (χ0v) is 8.37. The van der Waals surface area contributed by atoms with E-state index in [1.54, 1.807) is 7.11 Å². The van der Waals surface area contributed by atoms with Crippen molar-refractivity contribution in [3.63, 3.8) is 0 Å². The number of ether oxygens (including phenoxy) is 1. The van der Waals surface area contributed by atoms with Gasteiger partial charge >= 0.3 is 0 Å². The van der Waals surface area contributed by atoms with Gasteiger partial charge in [0.15, 0.2) is 0 Å². The number of halogens is 1. The van der Waals surface area contributed by atoms with E-state index in [-0.39, 0.29) is 5.60 Å². The van der Waals surface area contributed by atoms with Crippen LogP contribution in [-0.4, -0.2) is 31.7 Å². The molecule has 0 fully saturated rings. The molecule has 0 saturated heterocycles. The van der Waals surface area contributed by atoms with Gasteiger partial charge in [-0.3, -0.25) is 0 Å². The first-order valence-electron chi connectivity index (χ1n) is 3.94. The van der Waals surface area contributed by atoms with Crippen LogP contribution in [0, 0.1) is 0 Å². The van der Waals surface area contributed by atoms with Gasteiger partial charge in [0.2, 0.25) is 0 Å². The second-order valence-corrected chi connectivity index (χ2v) is 3.53. The molecular weight excluding hydrogens is 162 g/mol. The van der Waals surface area contributed by atoms with Crippen LogP contribution in [0.1, 0.15) is 20.3 Å². The van der Waals surface area contributed by atoms with Crippen molar-refractivity contribution in [1.29, 1.82) is 0 Å². The van der Waals surface area contributed by atoms with Gasteiger partial charge < -0.3 is 10.1 Å². The zero-order chi connectivity index (χ0) is 8.74. The summed E-state index contributed by atoms with van der Waals surface area (Å²) in [6.45, 7) is 6.00. The minimum absolute atomic E-state index is 0.0146. The topological polar surface area (TPSA) is 21.3 Å². The monoisotopic (exact) mass is 179 g/mol. The Hall–Kier alpha value is 0.210. The summed E-state index contributed by atoms with van der Waals surface area (Å²) >= 11 is 5.49. The molecule has 0 aliphatic rings. The van der Waals surface area contributed by atoms with Crippen LogP contribution in [0.25, 0.3) is 0 Å². The third-order valence-corrected chi connectivity index (χ3v) is 1.92. The van der Waals surface area contributed by atoms with E-state index in [0.717, 1.165) is 19.5 Å². The van der Waals surface area contributed by atoms with Gasteiger partial charge in [-0.2, -0.15) is 0 Å². The number of nitrogens with one attached hydrogen (secondary N) is 1. The van der Waals surface area contributed by atoms with Gasteiger partial charge in [-0.1, -0.05) is 0 Å². The van der Waals surface area contributed by atoms with Crippen molar-refractivity contribution in [3.05, 3.63) is 0 Å². The molecule has 68 valence electrons. The molecule has 0 aromatic carbocycles. The van der Waals surface area contributed by atoms with Crippen LogP contribution in [0.2, 0.25) is 0 Å². The van der Waals surface area contributed by atoms with Crippen molar-refractivity contribution in [2.45, 2.75) is 25.9 Å². The smallest absolute Gasteiger partial charge is 0.0634 e. The molecule has 0 aliphatic carbocycles. The summed E-state index contributed by atoms with van der Waals surface area (Å²) in [6, 6.07) is 0. The summed E-state index contributed by atoms with van der Waals surface area (Å²) in [6.07, 6.45) is 1.01. The Morgan fingerprint density at radius 2 is 2.00 bits per heavy atom. The van der Waals surface area contributed by atoms with Crippen LogP contribution >= 0.6 is 11.6 Å². The summed E-state index contributed by atoms with van der Waals surface area (Å²) < 4.78 is 5.24. The van der Waals surface area contributed by atoms with E-state index in [9.17, 15) is 0 Å². The quantitative estimate of drug-likeness (QED) is 0.495. The third kappa shape index (κ3) is 6.60. The van der Waals surface area contributed by atoms with E-state index in [2.05, 4.69) is 19.2 Å². The molecule has 0 aromatic rings. The van der Waals surface area contributed by atoms with Crippen molar-refractivity contribution in [2.24, 2.45) is 0 Å². The lowest BCUT2D eigenvalue weighted by atomic mass is 10.1. The van der Waals surface area contributed by atoms with E-state index in [1.807, 2.05) is 0 Å². The van der Waals surface area contributed by atoms with E-state index in [1.165, 1.54) is 0 Å². The summed E-state index contributed by atoms with van der Waals surface area (Å²) in [5, 5.41) is 3.21. The Bertz CT molecular complexity index is 96.1.